The van der Waals surface area contributed by atoms with Crippen LogP contribution in [0.1, 0.15) is 60.8 Å². The van der Waals surface area contributed by atoms with Gasteiger partial charge in [-0.3, -0.25) is 0 Å². The Kier molecular flexibility index (Phi) is 9.55. The van der Waals surface area contributed by atoms with Gasteiger partial charge in [0.1, 0.15) is 12.4 Å². The summed E-state index contributed by atoms with van der Waals surface area (Å²) in [5.74, 6) is 2.75. The van der Waals surface area contributed by atoms with Gasteiger partial charge in [-0.05, 0) is 116 Å². The van der Waals surface area contributed by atoms with E-state index in [4.69, 9.17) is 14.2 Å². The van der Waals surface area contributed by atoms with Crippen molar-refractivity contribution in [2.75, 3.05) is 39.2 Å². The van der Waals surface area contributed by atoms with Crippen molar-refractivity contribution in [2.24, 2.45) is 5.92 Å². The summed E-state index contributed by atoms with van der Waals surface area (Å²) in [5, 5.41) is 17.0. The zero-order valence-corrected chi connectivity index (χ0v) is 24.5. The van der Waals surface area contributed by atoms with Crippen LogP contribution in [0.4, 0.5) is 10.1 Å². The fraction of sp³-hybridized carbons (Fsp3) is 0.471. The number of hydrogen-bond acceptors (Lipinski definition) is 6. The second kappa shape index (κ2) is 13.5. The van der Waals surface area contributed by atoms with Gasteiger partial charge in [-0.2, -0.15) is 0 Å². The van der Waals surface area contributed by atoms with Crippen LogP contribution in [0.3, 0.4) is 0 Å². The lowest BCUT2D eigenvalue weighted by Gasteiger charge is -2.29. The molecule has 5 rings (SSSR count). The molecule has 3 N–H and O–H groups in total. The molecule has 0 spiro atoms. The Morgan fingerprint density at radius 1 is 0.951 bits per heavy atom. The van der Waals surface area contributed by atoms with E-state index >= 15 is 0 Å². The number of methoxy groups -OCH3 is 2. The van der Waals surface area contributed by atoms with E-state index in [9.17, 15) is 9.50 Å². The quantitative estimate of drug-likeness (QED) is 0.203. The number of anilines is 1. The molecular weight excluding hydrogens is 519 g/mol. The summed E-state index contributed by atoms with van der Waals surface area (Å²) in [6, 6.07) is 15.1. The molecule has 0 aliphatic heterocycles. The van der Waals surface area contributed by atoms with Crippen LogP contribution in [0.25, 0.3) is 0 Å². The van der Waals surface area contributed by atoms with Crippen LogP contribution >= 0.6 is 0 Å². The van der Waals surface area contributed by atoms with Gasteiger partial charge in [0.15, 0.2) is 23.1 Å². The Hall–Kier alpha value is -3.45. The number of hydrogen-bond donors (Lipinski definition) is 3. The van der Waals surface area contributed by atoms with Crippen LogP contribution in [0.15, 0.2) is 48.5 Å². The minimum absolute atomic E-state index is 0.0431. The van der Waals surface area contributed by atoms with Gasteiger partial charge in [0.05, 0.1) is 14.2 Å². The Bertz CT molecular complexity index is 1330. The molecule has 2 unspecified atom stereocenters. The Labute approximate surface area is 243 Å². The lowest BCUT2D eigenvalue weighted by molar-refractivity contribution is 0.270. The number of aryl methyl sites for hydroxylation is 1. The second-order valence-corrected chi connectivity index (χ2v) is 11.6. The van der Waals surface area contributed by atoms with Gasteiger partial charge >= 0.3 is 0 Å². The molecule has 0 aromatic heterocycles. The van der Waals surface area contributed by atoms with Crippen molar-refractivity contribution in [1.29, 1.82) is 0 Å². The molecule has 0 amide bonds. The van der Waals surface area contributed by atoms with Crippen molar-refractivity contribution in [3.05, 3.63) is 76.6 Å². The number of ether oxygens (including phenoxy) is 3. The van der Waals surface area contributed by atoms with Crippen molar-refractivity contribution >= 4 is 5.69 Å². The number of aromatic hydroxyl groups is 1. The summed E-state index contributed by atoms with van der Waals surface area (Å²) in [7, 11) is 3.30. The SMILES string of the molecule is COc1cc(NC(C)Cc2ccc(OCCNCC3CCC3)c(F)c2)c(C2CCc3cc(O)ccc3C2)cc1OC. The summed E-state index contributed by atoms with van der Waals surface area (Å²) >= 11 is 0. The van der Waals surface area contributed by atoms with Gasteiger partial charge in [0.25, 0.3) is 0 Å². The minimum atomic E-state index is -0.326. The average molecular weight is 563 g/mol. The highest BCUT2D eigenvalue weighted by molar-refractivity contribution is 5.63. The van der Waals surface area contributed by atoms with Crippen molar-refractivity contribution in [1.82, 2.24) is 5.32 Å². The van der Waals surface area contributed by atoms with Crippen molar-refractivity contribution in [3.63, 3.8) is 0 Å². The molecule has 6 nitrogen and oxygen atoms in total. The number of phenols is 1. The predicted octanol–water partition coefficient (Wildman–Crippen LogP) is 6.63. The predicted molar refractivity (Wildman–Crippen MR) is 161 cm³/mol. The maximum absolute atomic E-state index is 14.9. The largest absolute Gasteiger partial charge is 0.508 e. The molecule has 1 saturated carbocycles. The third-order valence-electron chi connectivity index (χ3n) is 8.55. The van der Waals surface area contributed by atoms with E-state index in [-0.39, 0.29) is 11.9 Å². The van der Waals surface area contributed by atoms with E-state index in [2.05, 4.69) is 23.6 Å². The summed E-state index contributed by atoms with van der Waals surface area (Å²) in [6.07, 6.45) is 7.38. The summed E-state index contributed by atoms with van der Waals surface area (Å²) in [5.41, 5.74) is 5.56. The van der Waals surface area contributed by atoms with Gasteiger partial charge in [-0.25, -0.2) is 4.39 Å². The molecule has 2 aliphatic rings. The Morgan fingerprint density at radius 2 is 1.76 bits per heavy atom. The van der Waals surface area contributed by atoms with Gasteiger partial charge in [0.2, 0.25) is 0 Å². The van der Waals surface area contributed by atoms with Crippen LogP contribution in [-0.4, -0.2) is 45.1 Å². The number of fused-ring (bicyclic) bond motifs is 1. The van der Waals surface area contributed by atoms with Crippen LogP contribution in [-0.2, 0) is 19.3 Å². The normalized spacial score (nSPS) is 17.3. The van der Waals surface area contributed by atoms with E-state index < -0.39 is 0 Å². The van der Waals surface area contributed by atoms with E-state index in [0.29, 0.717) is 41.9 Å². The first-order valence-electron chi connectivity index (χ1n) is 14.9. The highest BCUT2D eigenvalue weighted by Crippen LogP contribution is 2.42. The molecule has 220 valence electrons. The first-order valence-corrected chi connectivity index (χ1v) is 14.9. The molecule has 0 saturated heterocycles. The number of halogens is 1. The molecule has 41 heavy (non-hydrogen) atoms. The Morgan fingerprint density at radius 3 is 2.49 bits per heavy atom. The number of phenolic OH excluding ortho intramolecular Hbond substituents is 1. The number of rotatable bonds is 13. The van der Waals surface area contributed by atoms with Crippen LogP contribution < -0.4 is 24.8 Å². The monoisotopic (exact) mass is 562 g/mol. The van der Waals surface area contributed by atoms with Crippen LogP contribution in [0.5, 0.6) is 23.0 Å². The highest BCUT2D eigenvalue weighted by Gasteiger charge is 2.25. The minimum Gasteiger partial charge on any atom is -0.508 e. The van der Waals surface area contributed by atoms with Gasteiger partial charge in [0, 0.05) is 24.3 Å². The number of benzene rings is 3. The molecule has 2 atom stereocenters. The van der Waals surface area contributed by atoms with Crippen molar-refractivity contribution < 1.29 is 23.7 Å². The van der Waals surface area contributed by atoms with E-state index in [1.54, 1.807) is 32.4 Å². The average Bonchev–Trinajstić information content (AvgIpc) is 2.94. The fourth-order valence-electron chi connectivity index (χ4n) is 6.06. The lowest BCUT2D eigenvalue weighted by Crippen LogP contribution is -2.30. The summed E-state index contributed by atoms with van der Waals surface area (Å²) < 4.78 is 31.8. The molecule has 0 heterocycles. The standard InChI is InChI=1S/C34H43FN2O4/c1-22(15-24-7-12-32(30(35)16-24)41-14-13-36-21-23-5-4-6-23)37-31-20-34(40-3)33(39-2)19-29(31)27-9-8-26-18-28(38)11-10-25(26)17-27/h7,10-12,16,18-20,22-23,27,36-38H,4-6,8-9,13-15,17,21H2,1-3H3. The molecule has 2 aliphatic carbocycles. The first kappa shape index (κ1) is 29.1. The van der Waals surface area contributed by atoms with Gasteiger partial charge in [-0.15, -0.1) is 0 Å². The van der Waals surface area contributed by atoms with Crippen molar-refractivity contribution in [2.45, 2.75) is 63.8 Å². The second-order valence-electron chi connectivity index (χ2n) is 11.6. The third-order valence-corrected chi connectivity index (χ3v) is 8.55. The number of nitrogens with one attached hydrogen (secondary N) is 2. The third kappa shape index (κ3) is 7.25. The molecule has 0 bridgehead atoms. The topological polar surface area (TPSA) is 72.0 Å². The highest BCUT2D eigenvalue weighted by atomic mass is 19.1. The molecule has 0 radical (unpaired) electrons. The summed E-state index contributed by atoms with van der Waals surface area (Å²) in [6.45, 7) is 4.31. The van der Waals surface area contributed by atoms with Gasteiger partial charge in [-0.1, -0.05) is 18.6 Å². The fourth-order valence-corrected chi connectivity index (χ4v) is 6.06. The van der Waals surface area contributed by atoms with Gasteiger partial charge < -0.3 is 30.0 Å². The Balaban J connectivity index is 1.24. The smallest absolute Gasteiger partial charge is 0.165 e. The molecule has 3 aromatic rings. The van der Waals surface area contributed by atoms with Crippen LogP contribution in [0, 0.1) is 11.7 Å². The molecular formula is C34H43FN2O4. The maximum atomic E-state index is 14.9. The van der Waals surface area contributed by atoms with Crippen LogP contribution in [0.2, 0.25) is 0 Å². The summed E-state index contributed by atoms with van der Waals surface area (Å²) in [4.78, 5) is 0. The van der Waals surface area contributed by atoms with Crippen molar-refractivity contribution in [3.8, 4) is 23.0 Å². The molecule has 1 fully saturated rings. The molecule has 3 aromatic carbocycles. The first-order chi connectivity index (χ1) is 19.9. The molecule has 7 heteroatoms. The van der Waals surface area contributed by atoms with E-state index in [1.807, 2.05) is 24.3 Å². The zero-order chi connectivity index (χ0) is 28.8. The zero-order valence-electron chi connectivity index (χ0n) is 24.5. The lowest BCUT2D eigenvalue weighted by atomic mass is 9.79. The maximum Gasteiger partial charge on any atom is 0.165 e. The van der Waals surface area contributed by atoms with E-state index in [1.165, 1.54) is 36.0 Å². The van der Waals surface area contributed by atoms with E-state index in [0.717, 1.165) is 49.5 Å².